The average molecular weight is 488 g/mol. The van der Waals surface area contributed by atoms with Crippen molar-refractivity contribution in [3.8, 4) is 12.3 Å². The average Bonchev–Trinajstić information content (AvgIpc) is 2.84. The monoisotopic (exact) mass is 487 g/mol. The molecule has 1 fully saturated rings. The minimum atomic E-state index is -3.74. The van der Waals surface area contributed by atoms with Gasteiger partial charge < -0.3 is 10.6 Å². The number of hydrogen-bond acceptors (Lipinski definition) is 5. The highest BCUT2D eigenvalue weighted by Gasteiger charge is 2.33. The maximum absolute atomic E-state index is 12.5. The predicted octanol–water partition coefficient (Wildman–Crippen LogP) is 1.49. The molecule has 0 aliphatic carbocycles. The van der Waals surface area contributed by atoms with Crippen LogP contribution < -0.4 is 10.6 Å². The van der Waals surface area contributed by atoms with Crippen molar-refractivity contribution in [1.29, 1.82) is 0 Å². The maximum Gasteiger partial charge on any atom is 0.240 e. The third kappa shape index (κ3) is 6.56. The summed E-state index contributed by atoms with van der Waals surface area (Å²) in [6.45, 7) is -2.33. The van der Waals surface area contributed by atoms with E-state index in [9.17, 15) is 18.0 Å². The minimum Gasteiger partial charge on any atom is -0.346 e. The molecule has 0 aromatic heterocycles. The number of fused-ring (bicyclic) bond motifs is 1. The second-order valence-electron chi connectivity index (χ2n) is 8.30. The van der Waals surface area contributed by atoms with Gasteiger partial charge in [-0.05, 0) is 36.0 Å². The van der Waals surface area contributed by atoms with E-state index < -0.39 is 47.3 Å². The van der Waals surface area contributed by atoms with Crippen LogP contribution in [0.4, 0.5) is 0 Å². The van der Waals surface area contributed by atoms with E-state index in [2.05, 4.69) is 16.6 Å². The number of carbonyl (C=O) groups excluding carboxylic acids is 2. The molecule has 0 spiro atoms. The van der Waals surface area contributed by atoms with E-state index in [1.165, 1.54) is 0 Å². The van der Waals surface area contributed by atoms with E-state index in [0.717, 1.165) is 21.3 Å². The third-order valence-corrected chi connectivity index (χ3v) is 7.23. The molecule has 34 heavy (non-hydrogen) atoms. The van der Waals surface area contributed by atoms with Crippen LogP contribution in [0.15, 0.2) is 42.5 Å². The summed E-state index contributed by atoms with van der Waals surface area (Å²) >= 11 is 0. The highest BCUT2D eigenvalue weighted by Crippen LogP contribution is 2.31. The Morgan fingerprint density at radius 1 is 1.18 bits per heavy atom. The lowest BCUT2D eigenvalue weighted by atomic mass is 9.96. The molecule has 3 rings (SSSR count). The van der Waals surface area contributed by atoms with Crippen LogP contribution in [0.5, 0.6) is 0 Å². The van der Waals surface area contributed by atoms with E-state index in [4.69, 9.17) is 10.5 Å². The number of rotatable bonds is 9. The van der Waals surface area contributed by atoms with Gasteiger partial charge >= 0.3 is 0 Å². The molecule has 0 bridgehead atoms. The first kappa shape index (κ1) is 21.6. The van der Waals surface area contributed by atoms with Crippen LogP contribution in [0.25, 0.3) is 10.8 Å². The van der Waals surface area contributed by atoms with Gasteiger partial charge in [0.15, 0.2) is 0 Å². The molecule has 1 heterocycles. The Bertz CT molecular complexity index is 1260. The van der Waals surface area contributed by atoms with Gasteiger partial charge in [-0.3, -0.25) is 14.5 Å². The van der Waals surface area contributed by atoms with Crippen LogP contribution in [-0.4, -0.2) is 74.5 Å². The molecular weight excluding hydrogens is 452 g/mol. The number of carbonyl (C=O) groups is 2. The Morgan fingerprint density at radius 3 is 2.56 bits per heavy atom. The lowest BCUT2D eigenvalue weighted by Crippen LogP contribution is -2.51. The number of terminal acetylenes is 1. The normalized spacial score (nSPS) is 17.9. The molecule has 2 aromatic rings. The van der Waals surface area contributed by atoms with E-state index in [1.807, 2.05) is 47.4 Å². The van der Waals surface area contributed by atoms with E-state index in [-0.39, 0.29) is 13.1 Å². The largest absolute Gasteiger partial charge is 0.346 e. The van der Waals surface area contributed by atoms with Crippen LogP contribution in [0, 0.1) is 12.3 Å². The highest BCUT2D eigenvalue weighted by atomic mass is 32.2. The number of nitrogens with one attached hydrogen (secondary N) is 2. The van der Waals surface area contributed by atoms with Crippen molar-refractivity contribution in [3.05, 3.63) is 48.0 Å². The molecule has 182 valence electrons. The van der Waals surface area contributed by atoms with Crippen molar-refractivity contribution >= 4 is 32.6 Å². The Labute approximate surface area is 205 Å². The van der Waals surface area contributed by atoms with Gasteiger partial charge in [0, 0.05) is 29.3 Å². The Morgan fingerprint density at radius 2 is 1.88 bits per heavy atom. The first-order valence-electron chi connectivity index (χ1n) is 12.6. The van der Waals surface area contributed by atoms with E-state index in [0.29, 0.717) is 31.5 Å². The molecule has 0 radical (unpaired) electrons. The van der Waals surface area contributed by atoms with Crippen LogP contribution in [0.2, 0.25) is 0 Å². The van der Waals surface area contributed by atoms with Gasteiger partial charge in [-0.25, -0.2) is 8.42 Å². The molecule has 0 saturated carbocycles. The van der Waals surface area contributed by atoms with Crippen LogP contribution >= 0.6 is 0 Å². The number of amides is 2. The Hall–Kier alpha value is -2.93. The SMILES string of the molecule is [2H]C([2H])([2H])C(c1cccc2ccccc12)N1CCC(N(CC(=O)NCC(=O)NCC#C)S(C)(=O)=O)CC1. The zero-order chi connectivity index (χ0) is 27.2. The quantitative estimate of drug-likeness (QED) is 0.522. The summed E-state index contributed by atoms with van der Waals surface area (Å²) in [6.07, 6.45) is 6.84. The van der Waals surface area contributed by atoms with Crippen molar-refractivity contribution < 1.29 is 22.1 Å². The third-order valence-electron chi connectivity index (χ3n) is 5.95. The van der Waals surface area contributed by atoms with Gasteiger partial charge in [-0.2, -0.15) is 4.31 Å². The van der Waals surface area contributed by atoms with Gasteiger partial charge in [-0.1, -0.05) is 48.4 Å². The topological polar surface area (TPSA) is 98.8 Å². The summed E-state index contributed by atoms with van der Waals surface area (Å²) in [6, 6.07) is 11.9. The fourth-order valence-electron chi connectivity index (χ4n) is 4.22. The Balaban J connectivity index is 1.72. The van der Waals surface area contributed by atoms with Crippen molar-refractivity contribution in [2.24, 2.45) is 0 Å². The molecular formula is C25H32N4O4S. The standard InChI is InChI=1S/C25H32N4O4S/c1-4-14-26-24(30)17-27-25(31)18-29(34(3,32)33)21-12-15-28(16-13-21)19(2)22-11-7-9-20-8-5-6-10-23(20)22/h1,5-11,19,21H,12-18H2,2-3H3,(H,26,30)(H,27,31)/i2D3. The zero-order valence-electron chi connectivity index (χ0n) is 22.2. The van der Waals surface area contributed by atoms with Crippen molar-refractivity contribution in [2.75, 3.05) is 39.0 Å². The maximum atomic E-state index is 12.5. The number of piperidine rings is 1. The first-order chi connectivity index (χ1) is 17.4. The van der Waals surface area contributed by atoms with Crippen molar-refractivity contribution in [1.82, 2.24) is 19.8 Å². The number of sulfonamides is 1. The van der Waals surface area contributed by atoms with Crippen LogP contribution in [-0.2, 0) is 19.6 Å². The second-order valence-corrected chi connectivity index (χ2v) is 10.2. The molecule has 2 N–H and O–H groups in total. The highest BCUT2D eigenvalue weighted by molar-refractivity contribution is 7.88. The molecule has 1 saturated heterocycles. The molecule has 8 nitrogen and oxygen atoms in total. The first-order valence-corrected chi connectivity index (χ1v) is 12.9. The van der Waals surface area contributed by atoms with Crippen molar-refractivity contribution in [3.63, 3.8) is 0 Å². The summed E-state index contributed by atoms with van der Waals surface area (Å²) in [7, 11) is -3.74. The van der Waals surface area contributed by atoms with E-state index in [1.54, 1.807) is 0 Å². The Kier molecular flexibility index (Phi) is 7.28. The summed E-state index contributed by atoms with van der Waals surface area (Å²) in [5, 5.41) is 6.64. The van der Waals surface area contributed by atoms with Gasteiger partial charge in [0.05, 0.1) is 25.9 Å². The van der Waals surface area contributed by atoms with Gasteiger partial charge in [-0.15, -0.1) is 6.42 Å². The van der Waals surface area contributed by atoms with Crippen LogP contribution in [0.3, 0.4) is 0 Å². The fraction of sp³-hybridized carbons (Fsp3) is 0.440. The van der Waals surface area contributed by atoms with Gasteiger partial charge in [0.1, 0.15) is 0 Å². The summed E-state index contributed by atoms with van der Waals surface area (Å²) in [4.78, 5) is 26.0. The number of nitrogens with zero attached hydrogens (tertiary/aromatic N) is 2. The number of hydrogen-bond donors (Lipinski definition) is 2. The number of benzene rings is 2. The van der Waals surface area contributed by atoms with E-state index >= 15 is 0 Å². The molecule has 2 aromatic carbocycles. The summed E-state index contributed by atoms with van der Waals surface area (Å²) in [5.74, 6) is 1.16. The van der Waals surface area contributed by atoms with Gasteiger partial charge in [0.25, 0.3) is 0 Å². The molecule has 1 atom stereocenters. The number of likely N-dealkylation sites (tertiary alicyclic amines) is 1. The molecule has 1 aliphatic rings. The predicted molar refractivity (Wildman–Crippen MR) is 133 cm³/mol. The second kappa shape index (κ2) is 11.5. The molecule has 1 unspecified atom stereocenters. The zero-order valence-corrected chi connectivity index (χ0v) is 20.0. The van der Waals surface area contributed by atoms with Gasteiger partial charge in [0.2, 0.25) is 21.8 Å². The van der Waals surface area contributed by atoms with Crippen LogP contribution in [0.1, 0.15) is 35.4 Å². The van der Waals surface area contributed by atoms with Crippen molar-refractivity contribution in [2.45, 2.75) is 31.8 Å². The minimum absolute atomic E-state index is 0.0265. The molecule has 2 amide bonds. The molecule has 9 heteroatoms. The lowest BCUT2D eigenvalue weighted by Gasteiger charge is -2.39. The summed E-state index contributed by atoms with van der Waals surface area (Å²) in [5.41, 5.74) is 0.707. The molecule has 1 aliphatic heterocycles. The smallest absolute Gasteiger partial charge is 0.240 e. The lowest BCUT2D eigenvalue weighted by molar-refractivity contribution is -0.126. The fourth-order valence-corrected chi connectivity index (χ4v) is 5.33. The summed E-state index contributed by atoms with van der Waals surface area (Å²) < 4.78 is 51.0.